The molecule has 114 valence electrons. The second-order valence-electron chi connectivity index (χ2n) is 6.05. The van der Waals surface area contributed by atoms with Gasteiger partial charge < -0.3 is 10.1 Å². The Morgan fingerprint density at radius 1 is 1.20 bits per heavy atom. The Morgan fingerprint density at radius 3 is 2.50 bits per heavy atom. The molecule has 0 aliphatic carbocycles. The van der Waals surface area contributed by atoms with Gasteiger partial charge in [0.1, 0.15) is 5.75 Å². The zero-order chi connectivity index (χ0) is 15.1. The van der Waals surface area contributed by atoms with Gasteiger partial charge in [0, 0.05) is 18.6 Å². The summed E-state index contributed by atoms with van der Waals surface area (Å²) < 4.78 is 5.28. The Bertz CT molecular complexity index is 392. The zero-order valence-corrected chi connectivity index (χ0v) is 13.8. The van der Waals surface area contributed by atoms with Crippen LogP contribution in [0.1, 0.15) is 33.3 Å². The molecule has 0 aliphatic heterocycles. The molecule has 0 fully saturated rings. The predicted octanol–water partition coefficient (Wildman–Crippen LogP) is 3.15. The summed E-state index contributed by atoms with van der Waals surface area (Å²) in [5.41, 5.74) is 1.29. The highest BCUT2D eigenvalue weighted by molar-refractivity contribution is 5.28. The second-order valence-corrected chi connectivity index (χ2v) is 6.05. The van der Waals surface area contributed by atoms with Gasteiger partial charge in [-0.1, -0.05) is 32.9 Å². The summed E-state index contributed by atoms with van der Waals surface area (Å²) in [6, 6.07) is 9.39. The van der Waals surface area contributed by atoms with Crippen molar-refractivity contribution in [3.63, 3.8) is 0 Å². The van der Waals surface area contributed by atoms with E-state index in [0.29, 0.717) is 18.0 Å². The fraction of sp³-hybridized carbons (Fsp3) is 0.647. The van der Waals surface area contributed by atoms with E-state index in [1.54, 1.807) is 7.11 Å². The lowest BCUT2D eigenvalue weighted by molar-refractivity contribution is 0.187. The molecule has 3 nitrogen and oxygen atoms in total. The smallest absolute Gasteiger partial charge is 0.119 e. The SMILES string of the molecule is COc1cccc(CN(C)C(C)C(C)CNC(C)C)c1. The van der Waals surface area contributed by atoms with Gasteiger partial charge in [0.2, 0.25) is 0 Å². The van der Waals surface area contributed by atoms with Gasteiger partial charge in [0.05, 0.1) is 7.11 Å². The molecule has 0 radical (unpaired) electrons. The van der Waals surface area contributed by atoms with Gasteiger partial charge in [-0.25, -0.2) is 0 Å². The highest BCUT2D eigenvalue weighted by atomic mass is 16.5. The third-order valence-electron chi connectivity index (χ3n) is 3.93. The van der Waals surface area contributed by atoms with E-state index in [9.17, 15) is 0 Å². The van der Waals surface area contributed by atoms with Crippen molar-refractivity contribution in [3.8, 4) is 5.75 Å². The molecule has 0 saturated carbocycles. The molecule has 0 amide bonds. The number of nitrogens with one attached hydrogen (secondary N) is 1. The Morgan fingerprint density at radius 2 is 1.90 bits per heavy atom. The third-order valence-corrected chi connectivity index (χ3v) is 3.93. The topological polar surface area (TPSA) is 24.5 Å². The van der Waals surface area contributed by atoms with Crippen LogP contribution in [0.2, 0.25) is 0 Å². The fourth-order valence-corrected chi connectivity index (χ4v) is 2.23. The van der Waals surface area contributed by atoms with E-state index in [1.807, 2.05) is 6.07 Å². The lowest BCUT2D eigenvalue weighted by atomic mass is 10.0. The molecule has 0 aromatic heterocycles. The minimum absolute atomic E-state index is 0.535. The molecule has 2 atom stereocenters. The molecule has 0 saturated heterocycles. The molecule has 1 aromatic carbocycles. The summed E-state index contributed by atoms with van der Waals surface area (Å²) in [5, 5.41) is 3.52. The van der Waals surface area contributed by atoms with E-state index in [4.69, 9.17) is 4.74 Å². The van der Waals surface area contributed by atoms with E-state index in [0.717, 1.165) is 18.8 Å². The molecule has 0 spiro atoms. The van der Waals surface area contributed by atoms with Gasteiger partial charge in [0.25, 0.3) is 0 Å². The average molecular weight is 278 g/mol. The fourth-order valence-electron chi connectivity index (χ4n) is 2.23. The minimum atomic E-state index is 0.535. The molecule has 1 aromatic rings. The van der Waals surface area contributed by atoms with Crippen LogP contribution in [0, 0.1) is 5.92 Å². The van der Waals surface area contributed by atoms with Crippen LogP contribution < -0.4 is 10.1 Å². The number of hydrogen-bond acceptors (Lipinski definition) is 3. The second kappa shape index (κ2) is 8.28. The maximum Gasteiger partial charge on any atom is 0.119 e. The number of methoxy groups -OCH3 is 1. The summed E-state index contributed by atoms with van der Waals surface area (Å²) >= 11 is 0. The largest absolute Gasteiger partial charge is 0.497 e. The van der Waals surface area contributed by atoms with Crippen LogP contribution in [0.15, 0.2) is 24.3 Å². The van der Waals surface area contributed by atoms with Crippen molar-refractivity contribution in [3.05, 3.63) is 29.8 Å². The number of rotatable bonds is 8. The zero-order valence-electron chi connectivity index (χ0n) is 13.8. The van der Waals surface area contributed by atoms with E-state index >= 15 is 0 Å². The molecule has 2 unspecified atom stereocenters. The van der Waals surface area contributed by atoms with Crippen LogP contribution in [0.4, 0.5) is 0 Å². The molecule has 0 aliphatic rings. The number of hydrogen-bond donors (Lipinski definition) is 1. The lowest BCUT2D eigenvalue weighted by Gasteiger charge is -2.30. The Balaban J connectivity index is 2.53. The summed E-state index contributed by atoms with van der Waals surface area (Å²) in [6.07, 6.45) is 0. The Hall–Kier alpha value is -1.06. The van der Waals surface area contributed by atoms with Crippen LogP contribution in [0.25, 0.3) is 0 Å². The summed E-state index contributed by atoms with van der Waals surface area (Å²) in [5.74, 6) is 1.55. The first-order chi connectivity index (χ1) is 9.43. The lowest BCUT2D eigenvalue weighted by Crippen LogP contribution is -2.40. The highest BCUT2D eigenvalue weighted by Crippen LogP contribution is 2.17. The van der Waals surface area contributed by atoms with Crippen LogP contribution in [-0.2, 0) is 6.54 Å². The third kappa shape index (κ3) is 5.51. The molecule has 20 heavy (non-hydrogen) atoms. The summed E-state index contributed by atoms with van der Waals surface area (Å²) in [7, 11) is 3.90. The molecular weight excluding hydrogens is 248 g/mol. The number of ether oxygens (including phenoxy) is 1. The van der Waals surface area contributed by atoms with Crippen molar-refractivity contribution in [2.45, 2.75) is 46.3 Å². The minimum Gasteiger partial charge on any atom is -0.497 e. The van der Waals surface area contributed by atoms with Crippen molar-refractivity contribution in [1.82, 2.24) is 10.2 Å². The molecule has 0 heterocycles. The molecule has 1 rings (SSSR count). The van der Waals surface area contributed by atoms with Gasteiger partial charge in [-0.15, -0.1) is 0 Å². The summed E-state index contributed by atoms with van der Waals surface area (Å²) in [6.45, 7) is 11.0. The van der Waals surface area contributed by atoms with Gasteiger partial charge >= 0.3 is 0 Å². The number of benzene rings is 1. The van der Waals surface area contributed by atoms with Gasteiger partial charge in [-0.3, -0.25) is 4.90 Å². The quantitative estimate of drug-likeness (QED) is 0.790. The molecular formula is C17H30N2O. The first-order valence-electron chi connectivity index (χ1n) is 7.50. The number of nitrogens with zero attached hydrogens (tertiary/aromatic N) is 1. The predicted molar refractivity (Wildman–Crippen MR) is 86.2 cm³/mol. The Labute approximate surface area is 124 Å². The monoisotopic (exact) mass is 278 g/mol. The first kappa shape index (κ1) is 17.0. The highest BCUT2D eigenvalue weighted by Gasteiger charge is 2.17. The average Bonchev–Trinajstić information content (AvgIpc) is 2.43. The normalized spacial score (nSPS) is 14.6. The molecule has 1 N–H and O–H groups in total. The maximum atomic E-state index is 5.28. The Kier molecular flexibility index (Phi) is 7.03. The van der Waals surface area contributed by atoms with Crippen molar-refractivity contribution in [1.29, 1.82) is 0 Å². The standard InChI is InChI=1S/C17H30N2O/c1-13(2)18-11-14(3)15(4)19(5)12-16-8-7-9-17(10-16)20-6/h7-10,13-15,18H,11-12H2,1-6H3. The van der Waals surface area contributed by atoms with Crippen LogP contribution in [0.5, 0.6) is 5.75 Å². The van der Waals surface area contributed by atoms with Crippen LogP contribution in [-0.4, -0.2) is 37.7 Å². The summed E-state index contributed by atoms with van der Waals surface area (Å²) in [4.78, 5) is 2.40. The van der Waals surface area contributed by atoms with Crippen molar-refractivity contribution < 1.29 is 4.74 Å². The van der Waals surface area contributed by atoms with E-state index in [-0.39, 0.29) is 0 Å². The van der Waals surface area contributed by atoms with Crippen molar-refractivity contribution in [2.24, 2.45) is 5.92 Å². The van der Waals surface area contributed by atoms with E-state index in [1.165, 1.54) is 5.56 Å². The maximum absolute atomic E-state index is 5.28. The molecule has 0 bridgehead atoms. The van der Waals surface area contributed by atoms with Crippen molar-refractivity contribution >= 4 is 0 Å². The van der Waals surface area contributed by atoms with E-state index in [2.05, 4.69) is 63.2 Å². The van der Waals surface area contributed by atoms with Gasteiger partial charge in [-0.2, -0.15) is 0 Å². The molecule has 3 heteroatoms. The van der Waals surface area contributed by atoms with Gasteiger partial charge in [-0.05, 0) is 44.1 Å². The van der Waals surface area contributed by atoms with Crippen LogP contribution >= 0.6 is 0 Å². The van der Waals surface area contributed by atoms with Crippen LogP contribution in [0.3, 0.4) is 0 Å². The first-order valence-corrected chi connectivity index (χ1v) is 7.50. The van der Waals surface area contributed by atoms with Gasteiger partial charge in [0.15, 0.2) is 0 Å². The van der Waals surface area contributed by atoms with E-state index < -0.39 is 0 Å². The van der Waals surface area contributed by atoms with Crippen molar-refractivity contribution in [2.75, 3.05) is 20.7 Å².